The highest BCUT2D eigenvalue weighted by Gasteiger charge is 2.39. The quantitative estimate of drug-likeness (QED) is 0.402. The van der Waals surface area contributed by atoms with Gasteiger partial charge in [0.05, 0.1) is 0 Å². The van der Waals surface area contributed by atoms with Gasteiger partial charge in [0, 0.05) is 0 Å². The Kier molecular flexibility index (Phi) is 7.14. The van der Waals surface area contributed by atoms with E-state index in [1.165, 1.54) is 5.32 Å². The zero-order valence-electron chi connectivity index (χ0n) is 14.0. The number of aromatic nitrogens is 1. The fraction of sp³-hybridized carbons (Fsp3) is 0.462. The SMILES string of the molecule is CC(C)(C)OC(=O)CO/N=C(/C(=O)O)c1nc(NC(=O)C(F)(F)F)sc1Cl. The molecular weight excluding hydrogens is 419 g/mol. The van der Waals surface area contributed by atoms with Crippen molar-refractivity contribution in [3.8, 4) is 0 Å². The maximum atomic E-state index is 12.2. The fourth-order valence-corrected chi connectivity index (χ4v) is 2.41. The highest BCUT2D eigenvalue weighted by molar-refractivity contribution is 7.20. The van der Waals surface area contributed by atoms with E-state index in [-0.39, 0.29) is 4.34 Å². The molecule has 1 rings (SSSR count). The van der Waals surface area contributed by atoms with Gasteiger partial charge in [-0.3, -0.25) is 10.1 Å². The van der Waals surface area contributed by atoms with Gasteiger partial charge in [-0.05, 0) is 20.8 Å². The number of alkyl halides is 3. The Morgan fingerprint density at radius 3 is 2.37 bits per heavy atom. The molecule has 0 bridgehead atoms. The average Bonchev–Trinajstić information content (AvgIpc) is 2.80. The maximum Gasteiger partial charge on any atom is 0.471 e. The molecule has 2 N–H and O–H groups in total. The van der Waals surface area contributed by atoms with E-state index in [2.05, 4.69) is 15.0 Å². The molecule has 1 aromatic heterocycles. The van der Waals surface area contributed by atoms with E-state index >= 15 is 0 Å². The number of carboxylic acids is 1. The minimum Gasteiger partial charge on any atom is -0.476 e. The van der Waals surface area contributed by atoms with Crippen molar-refractivity contribution < 1.29 is 42.2 Å². The van der Waals surface area contributed by atoms with E-state index in [0.717, 1.165) is 0 Å². The molecule has 0 fully saturated rings. The Balaban J connectivity index is 2.93. The van der Waals surface area contributed by atoms with Crippen molar-refractivity contribution >= 4 is 51.6 Å². The molecule has 14 heteroatoms. The first-order valence-corrected chi connectivity index (χ1v) is 8.10. The number of anilines is 1. The van der Waals surface area contributed by atoms with Crippen LogP contribution in [0.15, 0.2) is 5.16 Å². The van der Waals surface area contributed by atoms with E-state index in [0.29, 0.717) is 11.3 Å². The second-order valence-electron chi connectivity index (χ2n) is 5.70. The molecule has 0 aliphatic rings. The molecule has 1 amide bonds. The topological polar surface area (TPSA) is 127 Å². The summed E-state index contributed by atoms with van der Waals surface area (Å²) >= 11 is 6.13. The van der Waals surface area contributed by atoms with Crippen molar-refractivity contribution in [1.29, 1.82) is 0 Å². The molecule has 0 radical (unpaired) electrons. The molecule has 0 unspecified atom stereocenters. The van der Waals surface area contributed by atoms with Gasteiger partial charge in [-0.2, -0.15) is 13.2 Å². The zero-order valence-corrected chi connectivity index (χ0v) is 15.6. The predicted molar refractivity (Wildman–Crippen MR) is 87.8 cm³/mol. The average molecular weight is 432 g/mol. The molecule has 0 aliphatic carbocycles. The normalized spacial score (nSPS) is 12.5. The van der Waals surface area contributed by atoms with Crippen LogP contribution in [0, 0.1) is 0 Å². The number of hydrogen-bond acceptors (Lipinski definition) is 8. The molecule has 1 heterocycles. The van der Waals surface area contributed by atoms with Crippen LogP contribution in [-0.4, -0.2) is 52.0 Å². The van der Waals surface area contributed by atoms with Crippen molar-refractivity contribution in [2.45, 2.75) is 32.5 Å². The lowest BCUT2D eigenvalue weighted by molar-refractivity contribution is -0.167. The Labute approximate surface area is 159 Å². The van der Waals surface area contributed by atoms with Crippen LogP contribution in [0.4, 0.5) is 18.3 Å². The standard InChI is InChI=1S/C13H13ClF3N3O6S/c1-12(2,3)26-5(21)4-25-20-7(9(22)23)6-8(14)27-11(18-6)19-10(24)13(15,16)17/h4H2,1-3H3,(H,22,23)(H,18,19,24)/b20-7+. The van der Waals surface area contributed by atoms with E-state index < -0.39 is 52.8 Å². The van der Waals surface area contributed by atoms with Crippen LogP contribution in [0.2, 0.25) is 4.34 Å². The Morgan fingerprint density at radius 2 is 1.89 bits per heavy atom. The highest BCUT2D eigenvalue weighted by Crippen LogP contribution is 2.30. The first-order valence-electron chi connectivity index (χ1n) is 6.90. The van der Waals surface area contributed by atoms with Crippen LogP contribution in [0.5, 0.6) is 0 Å². The van der Waals surface area contributed by atoms with Gasteiger partial charge >= 0.3 is 24.0 Å². The van der Waals surface area contributed by atoms with E-state index in [4.69, 9.17) is 21.4 Å². The molecule has 1 aromatic rings. The molecular formula is C13H13ClF3N3O6S. The second-order valence-corrected chi connectivity index (χ2v) is 7.30. The number of aliphatic carboxylic acids is 1. The number of carbonyl (C=O) groups excluding carboxylic acids is 2. The van der Waals surface area contributed by atoms with Crippen LogP contribution in [-0.2, 0) is 24.0 Å². The maximum absolute atomic E-state index is 12.2. The second kappa shape index (κ2) is 8.52. The molecule has 9 nitrogen and oxygen atoms in total. The number of thiazole rings is 1. The summed E-state index contributed by atoms with van der Waals surface area (Å²) in [6.07, 6.45) is -5.17. The number of rotatable bonds is 6. The first kappa shape index (κ1) is 22.6. The highest BCUT2D eigenvalue weighted by atomic mass is 35.5. The fourth-order valence-electron chi connectivity index (χ4n) is 1.37. The smallest absolute Gasteiger partial charge is 0.471 e. The lowest BCUT2D eigenvalue weighted by atomic mass is 10.2. The molecule has 27 heavy (non-hydrogen) atoms. The van der Waals surface area contributed by atoms with Crippen molar-refractivity contribution in [3.05, 3.63) is 10.0 Å². The van der Waals surface area contributed by atoms with Crippen LogP contribution < -0.4 is 5.32 Å². The van der Waals surface area contributed by atoms with Crippen molar-refractivity contribution in [2.75, 3.05) is 11.9 Å². The van der Waals surface area contributed by atoms with E-state index in [9.17, 15) is 27.6 Å². The van der Waals surface area contributed by atoms with Crippen molar-refractivity contribution in [1.82, 2.24) is 4.98 Å². The number of oxime groups is 1. The molecule has 0 atom stereocenters. The van der Waals surface area contributed by atoms with E-state index in [1.54, 1.807) is 20.8 Å². The summed E-state index contributed by atoms with van der Waals surface area (Å²) in [6, 6.07) is 0. The molecule has 0 aliphatic heterocycles. The van der Waals surface area contributed by atoms with Gasteiger partial charge in [-0.15, -0.1) is 0 Å². The Morgan fingerprint density at radius 1 is 1.30 bits per heavy atom. The summed E-state index contributed by atoms with van der Waals surface area (Å²) in [5.74, 6) is -4.83. The molecule has 150 valence electrons. The third-order valence-corrected chi connectivity index (χ3v) is 3.42. The number of amides is 1. The molecule has 0 saturated carbocycles. The van der Waals surface area contributed by atoms with Crippen molar-refractivity contribution in [3.63, 3.8) is 0 Å². The minimum absolute atomic E-state index is 0.366. The van der Waals surface area contributed by atoms with Crippen LogP contribution in [0.1, 0.15) is 26.5 Å². The monoisotopic (exact) mass is 431 g/mol. The summed E-state index contributed by atoms with van der Waals surface area (Å²) in [7, 11) is 0. The first-order chi connectivity index (χ1) is 12.2. The Bertz CT molecular complexity index is 772. The van der Waals surface area contributed by atoms with Gasteiger partial charge in [0.15, 0.2) is 5.13 Å². The number of nitrogens with one attached hydrogen (secondary N) is 1. The zero-order chi connectivity index (χ0) is 21.0. The molecule has 0 spiro atoms. The summed E-state index contributed by atoms with van der Waals surface area (Å²) < 4.78 is 41.3. The number of nitrogens with zero attached hydrogens (tertiary/aromatic N) is 2. The summed E-state index contributed by atoms with van der Waals surface area (Å²) in [4.78, 5) is 41.7. The number of ether oxygens (including phenoxy) is 1. The van der Waals surface area contributed by atoms with Gasteiger partial charge in [0.2, 0.25) is 12.3 Å². The van der Waals surface area contributed by atoms with Gasteiger partial charge in [0.1, 0.15) is 15.6 Å². The van der Waals surface area contributed by atoms with Crippen LogP contribution in [0.25, 0.3) is 0 Å². The lowest BCUT2D eigenvalue weighted by Crippen LogP contribution is -2.30. The number of carboxylic acid groups (broad SMARTS) is 1. The number of hydrogen-bond donors (Lipinski definition) is 2. The van der Waals surface area contributed by atoms with E-state index in [1.807, 2.05) is 0 Å². The minimum atomic E-state index is -5.17. The number of esters is 1. The van der Waals surface area contributed by atoms with Crippen molar-refractivity contribution in [2.24, 2.45) is 5.16 Å². The van der Waals surface area contributed by atoms with Gasteiger partial charge in [-0.25, -0.2) is 14.6 Å². The summed E-state index contributed by atoms with van der Waals surface area (Å²) in [5, 5.41) is 13.2. The van der Waals surface area contributed by atoms with Gasteiger partial charge < -0.3 is 14.7 Å². The van der Waals surface area contributed by atoms with Crippen LogP contribution >= 0.6 is 22.9 Å². The van der Waals surface area contributed by atoms with Gasteiger partial charge in [0.25, 0.3) is 0 Å². The summed E-state index contributed by atoms with van der Waals surface area (Å²) in [5.41, 5.74) is -2.23. The lowest BCUT2D eigenvalue weighted by Gasteiger charge is -2.18. The number of carbonyl (C=O) groups is 3. The Hall–Kier alpha value is -2.41. The molecule has 0 saturated heterocycles. The molecule has 0 aromatic carbocycles. The largest absolute Gasteiger partial charge is 0.476 e. The van der Waals surface area contributed by atoms with Crippen LogP contribution in [0.3, 0.4) is 0 Å². The van der Waals surface area contributed by atoms with Gasteiger partial charge in [-0.1, -0.05) is 28.1 Å². The third kappa shape index (κ3) is 7.38. The predicted octanol–water partition coefficient (Wildman–Crippen LogP) is 2.44. The number of halogens is 4. The summed E-state index contributed by atoms with van der Waals surface area (Å²) in [6.45, 7) is 4.07. The third-order valence-electron chi connectivity index (χ3n) is 2.25.